The van der Waals surface area contributed by atoms with Crippen LogP contribution in [0, 0.1) is 0 Å². The van der Waals surface area contributed by atoms with E-state index in [9.17, 15) is 4.79 Å². The predicted molar refractivity (Wildman–Crippen MR) is 46.2 cm³/mol. The number of nitrogens with two attached hydrogens (primary N) is 1. The van der Waals surface area contributed by atoms with E-state index < -0.39 is 5.97 Å². The van der Waals surface area contributed by atoms with Crippen molar-refractivity contribution in [1.29, 1.82) is 0 Å². The number of hydrogen-bond acceptors (Lipinski definition) is 4. The lowest BCUT2D eigenvalue weighted by molar-refractivity contribution is 0.0691. The fourth-order valence-corrected chi connectivity index (χ4v) is 1.43. The summed E-state index contributed by atoms with van der Waals surface area (Å²) in [5, 5.41) is 10.6. The Morgan fingerprint density at radius 1 is 1.92 bits per heavy atom. The van der Waals surface area contributed by atoms with Crippen molar-refractivity contribution in [3.05, 3.63) is 28.7 Å². The lowest BCUT2D eigenvalue weighted by Gasteiger charge is -1.97. The summed E-state index contributed by atoms with van der Waals surface area (Å²) in [5.41, 5.74) is 5.58. The first-order valence-electron chi connectivity index (χ1n) is 3.22. The van der Waals surface area contributed by atoms with Gasteiger partial charge in [-0.2, -0.15) is 0 Å². The van der Waals surface area contributed by atoms with Crippen molar-refractivity contribution >= 4 is 17.3 Å². The highest BCUT2D eigenvalue weighted by Gasteiger charge is 2.11. The van der Waals surface area contributed by atoms with Crippen LogP contribution in [0.2, 0.25) is 0 Å². The number of carbonyl (C=O) groups is 1. The molecule has 0 radical (unpaired) electrons. The molecule has 64 valence electrons. The molecule has 1 heterocycles. The second kappa shape index (κ2) is 3.46. The summed E-state index contributed by atoms with van der Waals surface area (Å²) >= 11 is 1.22. The number of aromatic carboxylic acids is 1. The van der Waals surface area contributed by atoms with Crippen LogP contribution in [-0.4, -0.2) is 16.1 Å². The third-order valence-corrected chi connectivity index (χ3v) is 2.23. The van der Waals surface area contributed by atoms with E-state index in [2.05, 4.69) is 11.6 Å². The van der Waals surface area contributed by atoms with Gasteiger partial charge in [0.2, 0.25) is 0 Å². The van der Waals surface area contributed by atoms with Gasteiger partial charge >= 0.3 is 5.97 Å². The van der Waals surface area contributed by atoms with E-state index in [1.807, 2.05) is 0 Å². The Morgan fingerprint density at radius 2 is 2.58 bits per heavy atom. The molecule has 0 fully saturated rings. The number of hydrogen-bond donors (Lipinski definition) is 2. The maximum atomic E-state index is 10.4. The average molecular weight is 184 g/mol. The van der Waals surface area contributed by atoms with Crippen LogP contribution in [0.15, 0.2) is 18.0 Å². The van der Waals surface area contributed by atoms with Gasteiger partial charge in [-0.1, -0.05) is 6.08 Å². The highest BCUT2D eigenvalue weighted by atomic mass is 32.1. The van der Waals surface area contributed by atoms with Gasteiger partial charge in [0.25, 0.3) is 0 Å². The summed E-state index contributed by atoms with van der Waals surface area (Å²) in [5.74, 6) is -1.03. The molecule has 0 spiro atoms. The highest BCUT2D eigenvalue weighted by Crippen LogP contribution is 2.16. The zero-order valence-electron chi connectivity index (χ0n) is 6.23. The molecule has 0 aliphatic heterocycles. The van der Waals surface area contributed by atoms with E-state index >= 15 is 0 Å². The Kier molecular flexibility index (Phi) is 2.57. The first kappa shape index (κ1) is 8.89. The van der Waals surface area contributed by atoms with Crippen molar-refractivity contribution in [3.8, 4) is 0 Å². The molecular weight excluding hydrogens is 176 g/mol. The summed E-state index contributed by atoms with van der Waals surface area (Å²) < 4.78 is 0. The monoisotopic (exact) mass is 184 g/mol. The van der Waals surface area contributed by atoms with Gasteiger partial charge < -0.3 is 10.8 Å². The number of aromatic nitrogens is 1. The average Bonchev–Trinajstić information content (AvgIpc) is 2.51. The van der Waals surface area contributed by atoms with Crippen molar-refractivity contribution in [2.24, 2.45) is 5.73 Å². The Labute approximate surface area is 73.4 Å². The van der Waals surface area contributed by atoms with Crippen LogP contribution >= 0.6 is 11.3 Å². The van der Waals surface area contributed by atoms with E-state index in [0.29, 0.717) is 5.01 Å². The van der Waals surface area contributed by atoms with Gasteiger partial charge in [0, 0.05) is 5.38 Å². The molecule has 0 saturated carbocycles. The molecule has 1 atom stereocenters. The standard InChI is InChI=1S/C7H8N2O2S/c1-2-4(8)6-9-5(3-12-6)7(10)11/h2-4H,1,8H2,(H,10,11). The Bertz CT molecular complexity index is 308. The van der Waals surface area contributed by atoms with Crippen molar-refractivity contribution in [2.75, 3.05) is 0 Å². The maximum absolute atomic E-state index is 10.4. The van der Waals surface area contributed by atoms with Crippen molar-refractivity contribution in [3.63, 3.8) is 0 Å². The molecule has 0 amide bonds. The molecule has 1 unspecified atom stereocenters. The third-order valence-electron chi connectivity index (χ3n) is 1.28. The molecular formula is C7H8N2O2S. The van der Waals surface area contributed by atoms with Crippen molar-refractivity contribution in [2.45, 2.75) is 6.04 Å². The quantitative estimate of drug-likeness (QED) is 0.688. The molecule has 0 aromatic carbocycles. The van der Waals surface area contributed by atoms with E-state index in [-0.39, 0.29) is 11.7 Å². The number of thiazole rings is 1. The zero-order valence-corrected chi connectivity index (χ0v) is 7.04. The predicted octanol–water partition coefficient (Wildman–Crippen LogP) is 1.03. The van der Waals surface area contributed by atoms with Crippen LogP contribution in [0.4, 0.5) is 0 Å². The summed E-state index contributed by atoms with van der Waals surface area (Å²) in [6.45, 7) is 3.49. The largest absolute Gasteiger partial charge is 0.476 e. The van der Waals surface area contributed by atoms with Gasteiger partial charge in [-0.15, -0.1) is 17.9 Å². The normalized spacial score (nSPS) is 12.4. The van der Waals surface area contributed by atoms with Crippen LogP contribution < -0.4 is 5.73 Å². The second-order valence-corrected chi connectivity index (χ2v) is 3.03. The minimum Gasteiger partial charge on any atom is -0.476 e. The lowest BCUT2D eigenvalue weighted by atomic mass is 10.3. The minimum atomic E-state index is -1.03. The van der Waals surface area contributed by atoms with E-state index in [1.165, 1.54) is 22.8 Å². The van der Waals surface area contributed by atoms with Crippen LogP contribution in [0.25, 0.3) is 0 Å². The topological polar surface area (TPSA) is 76.2 Å². The summed E-state index contributed by atoms with van der Waals surface area (Å²) in [6.07, 6.45) is 1.52. The van der Waals surface area contributed by atoms with Gasteiger partial charge in [-0.3, -0.25) is 0 Å². The molecule has 1 aromatic heterocycles. The summed E-state index contributed by atoms with van der Waals surface area (Å²) in [6, 6.07) is -0.372. The van der Waals surface area contributed by atoms with Crippen LogP contribution in [0.1, 0.15) is 21.5 Å². The first-order valence-corrected chi connectivity index (χ1v) is 4.10. The summed E-state index contributed by atoms with van der Waals surface area (Å²) in [4.78, 5) is 14.2. The van der Waals surface area contributed by atoms with Gasteiger partial charge in [0.05, 0.1) is 6.04 Å². The highest BCUT2D eigenvalue weighted by molar-refractivity contribution is 7.09. The smallest absolute Gasteiger partial charge is 0.355 e. The Morgan fingerprint density at radius 3 is 3.00 bits per heavy atom. The molecule has 0 aliphatic rings. The molecule has 0 bridgehead atoms. The van der Waals surface area contributed by atoms with E-state index in [1.54, 1.807) is 0 Å². The fraction of sp³-hybridized carbons (Fsp3) is 0.143. The number of carboxylic acids is 1. The Hall–Kier alpha value is -1.20. The molecule has 3 N–H and O–H groups in total. The van der Waals surface area contributed by atoms with Crippen LogP contribution in [-0.2, 0) is 0 Å². The molecule has 0 saturated heterocycles. The van der Waals surface area contributed by atoms with Gasteiger partial charge in [-0.25, -0.2) is 9.78 Å². The molecule has 12 heavy (non-hydrogen) atoms. The Balaban J connectivity index is 2.91. The van der Waals surface area contributed by atoms with Crippen LogP contribution in [0.5, 0.6) is 0 Å². The van der Waals surface area contributed by atoms with Crippen LogP contribution in [0.3, 0.4) is 0 Å². The molecule has 5 heteroatoms. The minimum absolute atomic E-state index is 0.0345. The number of nitrogens with zero attached hydrogens (tertiary/aromatic N) is 1. The molecule has 4 nitrogen and oxygen atoms in total. The van der Waals surface area contributed by atoms with E-state index in [0.717, 1.165) is 0 Å². The van der Waals surface area contributed by atoms with Gasteiger partial charge in [0.15, 0.2) is 5.69 Å². The SMILES string of the molecule is C=CC(N)c1nc(C(=O)O)cs1. The zero-order chi connectivity index (χ0) is 9.14. The third kappa shape index (κ3) is 1.69. The molecule has 0 aliphatic carbocycles. The lowest BCUT2D eigenvalue weighted by Crippen LogP contribution is -2.06. The first-order chi connectivity index (χ1) is 5.65. The number of carboxylic acid groups (broad SMARTS) is 1. The van der Waals surface area contributed by atoms with E-state index in [4.69, 9.17) is 10.8 Å². The summed E-state index contributed by atoms with van der Waals surface area (Å²) in [7, 11) is 0. The van der Waals surface area contributed by atoms with Crippen molar-refractivity contribution < 1.29 is 9.90 Å². The maximum Gasteiger partial charge on any atom is 0.355 e. The number of rotatable bonds is 3. The second-order valence-electron chi connectivity index (χ2n) is 2.14. The fourth-order valence-electron chi connectivity index (χ4n) is 0.640. The van der Waals surface area contributed by atoms with Crippen molar-refractivity contribution in [1.82, 2.24) is 4.98 Å². The van der Waals surface area contributed by atoms with Gasteiger partial charge in [0.1, 0.15) is 5.01 Å². The van der Waals surface area contributed by atoms with Gasteiger partial charge in [-0.05, 0) is 0 Å². The molecule has 1 aromatic rings. The molecule has 1 rings (SSSR count).